The maximum atomic E-state index is 13.1. The first-order valence-electron chi connectivity index (χ1n) is 16.1. The van der Waals surface area contributed by atoms with Gasteiger partial charge in [0, 0.05) is 49.5 Å². The number of amides is 2. The molecule has 1 aromatic carbocycles. The van der Waals surface area contributed by atoms with Crippen LogP contribution in [0.4, 0.5) is 9.59 Å². The van der Waals surface area contributed by atoms with Crippen molar-refractivity contribution in [3.05, 3.63) is 41.5 Å². The van der Waals surface area contributed by atoms with E-state index in [9.17, 15) is 29.4 Å². The van der Waals surface area contributed by atoms with Crippen LogP contribution in [-0.2, 0) is 9.59 Å². The molecule has 0 aromatic heterocycles. The van der Waals surface area contributed by atoms with Crippen LogP contribution < -0.4 is 20.1 Å². The van der Waals surface area contributed by atoms with Gasteiger partial charge in [0.2, 0.25) is 0 Å². The molecule has 2 aliphatic rings. The molecule has 3 rings (SSSR count). The number of carbonyl (C=O) groups excluding carboxylic acids is 3. The number of hydrogen-bond donors (Lipinski definition) is 4. The summed E-state index contributed by atoms with van der Waals surface area (Å²) in [6, 6.07) is 2.74. The van der Waals surface area contributed by atoms with E-state index in [1.54, 1.807) is 0 Å². The number of hydrogen-bond acceptors (Lipinski definition) is 7. The molecule has 0 saturated heterocycles. The number of allylic oxidation sites excluding steroid dienone is 3. The number of aromatic hydroxyl groups is 1. The molecule has 1 aromatic rings. The van der Waals surface area contributed by atoms with E-state index < -0.39 is 18.2 Å². The number of ether oxygens (including phenoxy) is 2. The smallest absolute Gasteiger partial charge is 0.412 e. The number of rotatable bonds is 14. The van der Waals surface area contributed by atoms with Crippen LogP contribution in [0.25, 0.3) is 0 Å². The maximum absolute atomic E-state index is 13.1. The topological polar surface area (TPSA) is 151 Å². The molecule has 10 nitrogen and oxygen atoms in total. The van der Waals surface area contributed by atoms with E-state index in [0.29, 0.717) is 24.9 Å². The molecule has 0 heterocycles. The molecule has 3 atom stereocenters. The lowest BCUT2D eigenvalue weighted by Crippen LogP contribution is -2.40. The van der Waals surface area contributed by atoms with Gasteiger partial charge in [-0.25, -0.2) is 9.59 Å². The van der Waals surface area contributed by atoms with Gasteiger partial charge >= 0.3 is 18.2 Å². The molecule has 0 spiro atoms. The second-order valence-corrected chi connectivity index (χ2v) is 13.4. The van der Waals surface area contributed by atoms with Gasteiger partial charge in [0.1, 0.15) is 23.5 Å². The van der Waals surface area contributed by atoms with Crippen molar-refractivity contribution in [3.8, 4) is 17.2 Å². The largest absolute Gasteiger partial charge is 0.507 e. The molecule has 2 amide bonds. The number of phenols is 1. The van der Waals surface area contributed by atoms with E-state index >= 15 is 0 Å². The Bertz CT molecular complexity index is 1260. The van der Waals surface area contributed by atoms with Crippen molar-refractivity contribution in [1.82, 2.24) is 10.6 Å². The molecule has 2 aliphatic carbocycles. The van der Waals surface area contributed by atoms with E-state index in [2.05, 4.69) is 17.2 Å². The second-order valence-electron chi connectivity index (χ2n) is 13.4. The molecular weight excluding hydrogens is 576 g/mol. The highest BCUT2D eigenvalue weighted by Gasteiger charge is 2.34. The summed E-state index contributed by atoms with van der Waals surface area (Å²) in [5.41, 5.74) is 2.13. The molecule has 1 saturated carbocycles. The molecule has 45 heavy (non-hydrogen) atoms. The summed E-state index contributed by atoms with van der Waals surface area (Å²) in [4.78, 5) is 48.7. The first kappa shape index (κ1) is 35.7. The number of aldehydes is 1. The number of carbonyl (C=O) groups is 4. The third kappa shape index (κ3) is 10.6. The van der Waals surface area contributed by atoms with Gasteiger partial charge in [-0.3, -0.25) is 4.79 Å². The van der Waals surface area contributed by atoms with Crippen LogP contribution >= 0.6 is 0 Å². The zero-order valence-electron chi connectivity index (χ0n) is 27.2. The fraction of sp³-hybridized carbons (Fsp3) is 0.600. The normalized spacial score (nSPS) is 20.0. The summed E-state index contributed by atoms with van der Waals surface area (Å²) in [5.74, 6) is -1.53. The lowest BCUT2D eigenvalue weighted by molar-refractivity contribution is -0.138. The first-order valence-corrected chi connectivity index (χ1v) is 16.1. The first-order chi connectivity index (χ1) is 21.3. The third-order valence-corrected chi connectivity index (χ3v) is 9.06. The molecular formula is C35H50N2O8. The van der Waals surface area contributed by atoms with Crippen molar-refractivity contribution < 1.29 is 38.9 Å². The monoisotopic (exact) mass is 626 g/mol. The van der Waals surface area contributed by atoms with Crippen LogP contribution in [-0.4, -0.2) is 47.7 Å². The van der Waals surface area contributed by atoms with Crippen molar-refractivity contribution in [2.45, 2.75) is 97.8 Å². The Morgan fingerprint density at radius 2 is 1.80 bits per heavy atom. The van der Waals surface area contributed by atoms with Gasteiger partial charge in [-0.2, -0.15) is 0 Å². The lowest BCUT2D eigenvalue weighted by atomic mass is 9.72. The standard InChI is InChI=1S/C35H50N2O8/c1-22(2)15-25(17-31(40)41)20-36-33(42)45-30-19-26(44-34(43)37-21-35(13-14-38)11-7-6-8-12-35)18-29(39)32(30)28-16-24(5)9-10-27(28)23(3)4/h14,16,18-19,22,25,27-28,39H,3,6-13,15,17,20-21H2,1-2,4-5H3,(H,36,42)(H,37,43)(H,40,41)/t25?,27?,28-/m1/s1. The number of carboxylic acids is 1. The second kappa shape index (κ2) is 16.5. The third-order valence-electron chi connectivity index (χ3n) is 9.06. The van der Waals surface area contributed by atoms with Crippen molar-refractivity contribution in [2.24, 2.45) is 23.2 Å². The number of phenolic OH excluding ortho intramolecular Hbond substituents is 1. The average molecular weight is 627 g/mol. The minimum absolute atomic E-state index is 0.0171. The molecule has 1 fully saturated rings. The zero-order chi connectivity index (χ0) is 33.1. The Kier molecular flexibility index (Phi) is 13.1. The quantitative estimate of drug-likeness (QED) is 0.124. The fourth-order valence-electron chi connectivity index (χ4n) is 6.82. The maximum Gasteiger partial charge on any atom is 0.412 e. The van der Waals surface area contributed by atoms with Gasteiger partial charge in [0.25, 0.3) is 0 Å². The molecule has 4 N–H and O–H groups in total. The Morgan fingerprint density at radius 3 is 2.42 bits per heavy atom. The van der Waals surface area contributed by atoms with Crippen LogP contribution in [0.15, 0.2) is 35.9 Å². The fourth-order valence-corrected chi connectivity index (χ4v) is 6.82. The molecule has 248 valence electrons. The summed E-state index contributed by atoms with van der Waals surface area (Å²) >= 11 is 0. The predicted molar refractivity (Wildman–Crippen MR) is 172 cm³/mol. The van der Waals surface area contributed by atoms with E-state index in [0.717, 1.165) is 62.4 Å². The van der Waals surface area contributed by atoms with Gasteiger partial charge in [0.05, 0.1) is 0 Å². The van der Waals surface area contributed by atoms with Gasteiger partial charge in [-0.1, -0.05) is 56.9 Å². The van der Waals surface area contributed by atoms with Gasteiger partial charge < -0.3 is 35.1 Å². The number of carboxylic acid groups (broad SMARTS) is 1. The zero-order valence-corrected chi connectivity index (χ0v) is 27.2. The van der Waals surface area contributed by atoms with Crippen molar-refractivity contribution >= 4 is 24.4 Å². The molecule has 0 radical (unpaired) electrons. The van der Waals surface area contributed by atoms with Gasteiger partial charge in [-0.05, 0) is 69.1 Å². The predicted octanol–water partition coefficient (Wildman–Crippen LogP) is 7.26. The van der Waals surface area contributed by atoms with Crippen LogP contribution in [0.2, 0.25) is 0 Å². The molecule has 0 bridgehead atoms. The van der Waals surface area contributed by atoms with Crippen molar-refractivity contribution in [1.29, 1.82) is 0 Å². The van der Waals surface area contributed by atoms with E-state index in [4.69, 9.17) is 9.47 Å². The SMILES string of the molecule is C=C(C)C1CCC(C)=C[C@H]1c1c(O)cc(OC(=O)NCC2(CC=O)CCCCC2)cc1OC(=O)NCC(CC(=O)O)CC(C)C. The Labute approximate surface area is 266 Å². The summed E-state index contributed by atoms with van der Waals surface area (Å²) in [7, 11) is 0. The summed E-state index contributed by atoms with van der Waals surface area (Å²) in [6.07, 6.45) is 8.73. The van der Waals surface area contributed by atoms with Crippen molar-refractivity contribution in [3.63, 3.8) is 0 Å². The van der Waals surface area contributed by atoms with Crippen LogP contribution in [0.1, 0.15) is 103 Å². The molecule has 10 heteroatoms. The highest BCUT2D eigenvalue weighted by molar-refractivity contribution is 5.74. The van der Waals surface area contributed by atoms with Crippen molar-refractivity contribution in [2.75, 3.05) is 13.1 Å². The van der Waals surface area contributed by atoms with Gasteiger partial charge in [-0.15, -0.1) is 0 Å². The van der Waals surface area contributed by atoms with E-state index in [1.165, 1.54) is 12.1 Å². The highest BCUT2D eigenvalue weighted by atomic mass is 16.6. The minimum Gasteiger partial charge on any atom is -0.507 e. The number of benzene rings is 1. The number of nitrogens with one attached hydrogen (secondary N) is 2. The van der Waals surface area contributed by atoms with E-state index in [1.807, 2.05) is 33.8 Å². The van der Waals surface area contributed by atoms with Crippen LogP contribution in [0.3, 0.4) is 0 Å². The Balaban J connectivity index is 1.86. The lowest BCUT2D eigenvalue weighted by Gasteiger charge is -2.35. The summed E-state index contributed by atoms with van der Waals surface area (Å²) < 4.78 is 11.3. The molecule has 2 unspecified atom stereocenters. The van der Waals surface area contributed by atoms with Crippen LogP contribution in [0.5, 0.6) is 17.2 Å². The van der Waals surface area contributed by atoms with Gasteiger partial charge in [0.15, 0.2) is 0 Å². The Morgan fingerprint density at radius 1 is 1.11 bits per heavy atom. The highest BCUT2D eigenvalue weighted by Crippen LogP contribution is 2.48. The molecule has 0 aliphatic heterocycles. The minimum atomic E-state index is -0.947. The summed E-state index contributed by atoms with van der Waals surface area (Å²) in [5, 5.41) is 26.1. The average Bonchev–Trinajstić information content (AvgIpc) is 2.95. The van der Waals surface area contributed by atoms with E-state index in [-0.39, 0.29) is 59.3 Å². The number of aliphatic carboxylic acids is 1. The summed E-state index contributed by atoms with van der Waals surface area (Å²) in [6.45, 7) is 12.5. The van der Waals surface area contributed by atoms with Crippen LogP contribution in [0, 0.1) is 23.2 Å². The Hall–Kier alpha value is -3.82.